The van der Waals surface area contributed by atoms with Gasteiger partial charge in [-0.25, -0.2) is 4.39 Å². The SMILES string of the molecule is Cc1cccc(C(=O)N2CCN(c3ccc(F)cc3)CC2)c1I. The zero-order chi connectivity index (χ0) is 16.4. The van der Waals surface area contributed by atoms with Gasteiger partial charge in [0.25, 0.3) is 5.91 Å². The molecule has 0 N–H and O–H groups in total. The normalized spacial score (nSPS) is 14.9. The van der Waals surface area contributed by atoms with Crippen LogP contribution in [0.2, 0.25) is 0 Å². The lowest BCUT2D eigenvalue weighted by Crippen LogP contribution is -2.49. The summed E-state index contributed by atoms with van der Waals surface area (Å²) in [6.07, 6.45) is 0. The molecule has 0 spiro atoms. The minimum atomic E-state index is -0.225. The fourth-order valence-corrected chi connectivity index (χ4v) is 3.39. The van der Waals surface area contributed by atoms with Gasteiger partial charge >= 0.3 is 0 Å². The third-order valence-electron chi connectivity index (χ3n) is 4.18. The fraction of sp³-hybridized carbons (Fsp3) is 0.278. The van der Waals surface area contributed by atoms with Crippen LogP contribution in [0, 0.1) is 16.3 Å². The first-order valence-corrected chi connectivity index (χ1v) is 8.69. The lowest BCUT2D eigenvalue weighted by Gasteiger charge is -2.36. The van der Waals surface area contributed by atoms with Gasteiger partial charge in [0.15, 0.2) is 0 Å². The van der Waals surface area contributed by atoms with Crippen molar-refractivity contribution in [2.75, 3.05) is 31.1 Å². The minimum Gasteiger partial charge on any atom is -0.368 e. The van der Waals surface area contributed by atoms with Crippen molar-refractivity contribution in [1.29, 1.82) is 0 Å². The number of piperazine rings is 1. The van der Waals surface area contributed by atoms with E-state index >= 15 is 0 Å². The molecule has 2 aromatic carbocycles. The molecule has 0 bridgehead atoms. The van der Waals surface area contributed by atoms with Crippen LogP contribution in [0.1, 0.15) is 15.9 Å². The Hall–Kier alpha value is -1.63. The van der Waals surface area contributed by atoms with Gasteiger partial charge < -0.3 is 9.80 Å². The number of benzene rings is 2. The number of halogens is 2. The van der Waals surface area contributed by atoms with Crippen LogP contribution in [0.25, 0.3) is 0 Å². The van der Waals surface area contributed by atoms with Crippen LogP contribution >= 0.6 is 22.6 Å². The quantitative estimate of drug-likeness (QED) is 0.687. The minimum absolute atomic E-state index is 0.0943. The topological polar surface area (TPSA) is 23.6 Å². The Morgan fingerprint density at radius 2 is 1.70 bits per heavy atom. The summed E-state index contributed by atoms with van der Waals surface area (Å²) in [5.41, 5.74) is 2.91. The smallest absolute Gasteiger partial charge is 0.255 e. The van der Waals surface area contributed by atoms with E-state index in [4.69, 9.17) is 0 Å². The molecule has 120 valence electrons. The average Bonchev–Trinajstić information content (AvgIpc) is 2.58. The molecule has 0 unspecified atom stereocenters. The van der Waals surface area contributed by atoms with Crippen molar-refractivity contribution in [3.05, 3.63) is 63.0 Å². The van der Waals surface area contributed by atoms with E-state index in [0.717, 1.165) is 33.5 Å². The van der Waals surface area contributed by atoms with Crippen molar-refractivity contribution < 1.29 is 9.18 Å². The molecule has 0 saturated carbocycles. The molecule has 1 saturated heterocycles. The molecule has 1 amide bonds. The number of aryl methyl sites for hydroxylation is 1. The summed E-state index contributed by atoms with van der Waals surface area (Å²) in [5, 5.41) is 0. The Morgan fingerprint density at radius 3 is 2.35 bits per heavy atom. The number of rotatable bonds is 2. The summed E-state index contributed by atoms with van der Waals surface area (Å²) < 4.78 is 14.0. The Morgan fingerprint density at radius 1 is 1.04 bits per heavy atom. The molecule has 0 atom stereocenters. The average molecular weight is 424 g/mol. The zero-order valence-corrected chi connectivity index (χ0v) is 15.1. The van der Waals surface area contributed by atoms with Crippen LogP contribution in [0.5, 0.6) is 0 Å². The van der Waals surface area contributed by atoms with Gasteiger partial charge in [0.05, 0.1) is 5.56 Å². The molecule has 2 aromatic rings. The lowest BCUT2D eigenvalue weighted by atomic mass is 10.1. The highest BCUT2D eigenvalue weighted by Gasteiger charge is 2.23. The molecule has 5 heteroatoms. The van der Waals surface area contributed by atoms with Gasteiger partial charge in [-0.05, 0) is 65.4 Å². The summed E-state index contributed by atoms with van der Waals surface area (Å²) in [5.74, 6) is -0.131. The highest BCUT2D eigenvalue weighted by molar-refractivity contribution is 14.1. The highest BCUT2D eigenvalue weighted by atomic mass is 127. The van der Waals surface area contributed by atoms with Gasteiger partial charge in [-0.1, -0.05) is 12.1 Å². The van der Waals surface area contributed by atoms with Crippen molar-refractivity contribution in [2.45, 2.75) is 6.92 Å². The Balaban J connectivity index is 1.68. The number of carbonyl (C=O) groups excluding carboxylic acids is 1. The van der Waals surface area contributed by atoms with E-state index < -0.39 is 0 Å². The number of hydrogen-bond acceptors (Lipinski definition) is 2. The molecule has 23 heavy (non-hydrogen) atoms. The molecule has 0 aliphatic carbocycles. The standard InChI is InChI=1S/C18H18FIN2O/c1-13-3-2-4-16(17(13)20)18(23)22-11-9-21(10-12-22)15-7-5-14(19)6-8-15/h2-8H,9-12H2,1H3. The van der Waals surface area contributed by atoms with Crippen LogP contribution in [-0.2, 0) is 0 Å². The molecule has 3 nitrogen and oxygen atoms in total. The van der Waals surface area contributed by atoms with Crippen LogP contribution < -0.4 is 4.90 Å². The predicted molar refractivity (Wildman–Crippen MR) is 98.4 cm³/mol. The molecule has 3 rings (SSSR count). The molecular formula is C18H18FIN2O. The summed E-state index contributed by atoms with van der Waals surface area (Å²) in [4.78, 5) is 16.8. The maximum atomic E-state index is 13.0. The maximum absolute atomic E-state index is 13.0. The van der Waals surface area contributed by atoms with Crippen LogP contribution in [0.3, 0.4) is 0 Å². The first-order chi connectivity index (χ1) is 11.1. The van der Waals surface area contributed by atoms with Crippen molar-refractivity contribution in [2.24, 2.45) is 0 Å². The number of anilines is 1. The number of hydrogen-bond donors (Lipinski definition) is 0. The van der Waals surface area contributed by atoms with Crippen molar-refractivity contribution in [3.8, 4) is 0 Å². The van der Waals surface area contributed by atoms with Gasteiger partial charge in [-0.15, -0.1) is 0 Å². The van der Waals surface area contributed by atoms with Gasteiger partial charge in [-0.3, -0.25) is 4.79 Å². The van der Waals surface area contributed by atoms with E-state index in [1.807, 2.05) is 30.0 Å². The van der Waals surface area contributed by atoms with Gasteiger partial charge in [0.1, 0.15) is 5.82 Å². The highest BCUT2D eigenvalue weighted by Crippen LogP contribution is 2.21. The Labute approximate surface area is 149 Å². The van der Waals surface area contributed by atoms with E-state index in [9.17, 15) is 9.18 Å². The fourth-order valence-electron chi connectivity index (χ4n) is 2.80. The molecule has 1 aliphatic heterocycles. The Bertz CT molecular complexity index is 709. The molecular weight excluding hydrogens is 406 g/mol. The number of amides is 1. The molecule has 0 aromatic heterocycles. The van der Waals surface area contributed by atoms with Crippen molar-refractivity contribution in [3.63, 3.8) is 0 Å². The maximum Gasteiger partial charge on any atom is 0.255 e. The van der Waals surface area contributed by atoms with Crippen LogP contribution in [-0.4, -0.2) is 37.0 Å². The first kappa shape index (κ1) is 16.2. The summed E-state index contributed by atoms with van der Waals surface area (Å²) >= 11 is 2.24. The summed E-state index contributed by atoms with van der Waals surface area (Å²) in [7, 11) is 0. The second kappa shape index (κ2) is 6.86. The van der Waals surface area contributed by atoms with E-state index in [2.05, 4.69) is 27.5 Å². The summed E-state index contributed by atoms with van der Waals surface area (Å²) in [6, 6.07) is 12.4. The van der Waals surface area contributed by atoms with Crippen LogP contribution in [0.4, 0.5) is 10.1 Å². The Kier molecular flexibility index (Phi) is 4.84. The van der Waals surface area contributed by atoms with Gasteiger partial charge in [0.2, 0.25) is 0 Å². The molecule has 1 heterocycles. The van der Waals surface area contributed by atoms with Gasteiger partial charge in [-0.2, -0.15) is 0 Å². The second-order valence-corrected chi connectivity index (χ2v) is 6.77. The summed E-state index contributed by atoms with van der Waals surface area (Å²) in [6.45, 7) is 4.91. The zero-order valence-electron chi connectivity index (χ0n) is 12.9. The van der Waals surface area contributed by atoms with E-state index in [-0.39, 0.29) is 11.7 Å². The molecule has 0 radical (unpaired) electrons. The van der Waals surface area contributed by atoms with E-state index in [1.54, 1.807) is 12.1 Å². The van der Waals surface area contributed by atoms with E-state index in [1.165, 1.54) is 12.1 Å². The van der Waals surface area contributed by atoms with Crippen molar-refractivity contribution >= 4 is 34.2 Å². The first-order valence-electron chi connectivity index (χ1n) is 7.61. The number of nitrogens with zero attached hydrogens (tertiary/aromatic N) is 2. The second-order valence-electron chi connectivity index (χ2n) is 5.69. The van der Waals surface area contributed by atoms with Gasteiger partial charge in [0, 0.05) is 35.4 Å². The lowest BCUT2D eigenvalue weighted by molar-refractivity contribution is 0.0745. The molecule has 1 fully saturated rings. The van der Waals surface area contributed by atoms with Crippen LogP contribution in [0.15, 0.2) is 42.5 Å². The largest absolute Gasteiger partial charge is 0.368 e. The van der Waals surface area contributed by atoms with E-state index in [0.29, 0.717) is 13.1 Å². The molecule has 1 aliphatic rings. The predicted octanol–water partition coefficient (Wildman–Crippen LogP) is 3.70. The third kappa shape index (κ3) is 3.49. The third-order valence-corrected chi connectivity index (χ3v) is 5.61. The monoisotopic (exact) mass is 424 g/mol. The number of carbonyl (C=O) groups is 1. The van der Waals surface area contributed by atoms with Crippen molar-refractivity contribution in [1.82, 2.24) is 4.90 Å².